The van der Waals surface area contributed by atoms with Crippen LogP contribution in [0.25, 0.3) is 33.7 Å². The molecule has 120 valence electrons. The van der Waals surface area contributed by atoms with Crippen molar-refractivity contribution in [2.24, 2.45) is 5.73 Å². The van der Waals surface area contributed by atoms with Crippen LogP contribution in [0.1, 0.15) is 17.0 Å². The number of aromatic nitrogens is 4. The molecule has 6 nitrogen and oxygen atoms in total. The van der Waals surface area contributed by atoms with Crippen LogP contribution in [0.5, 0.6) is 0 Å². The maximum Gasteiger partial charge on any atom is 0.229 e. The molecule has 2 heterocycles. The number of H-pyrrole nitrogens is 1. The lowest BCUT2D eigenvalue weighted by Gasteiger charge is -2.09. The third-order valence-electron chi connectivity index (χ3n) is 4.65. The number of rotatable bonds is 2. The zero-order valence-corrected chi connectivity index (χ0v) is 13.1. The first-order chi connectivity index (χ1) is 12.2. The first-order valence-electron chi connectivity index (χ1n) is 7.91. The van der Waals surface area contributed by atoms with Gasteiger partial charge >= 0.3 is 0 Å². The first kappa shape index (κ1) is 13.9. The highest BCUT2D eigenvalue weighted by Gasteiger charge is 2.34. The number of carbonyl (C=O) groups is 1. The molecule has 25 heavy (non-hydrogen) atoms. The van der Waals surface area contributed by atoms with E-state index in [1.165, 1.54) is 6.33 Å². The molecule has 3 N–H and O–H groups in total. The molecule has 0 unspecified atom stereocenters. The molecule has 2 aromatic carbocycles. The highest BCUT2D eigenvalue weighted by molar-refractivity contribution is 5.99. The summed E-state index contributed by atoms with van der Waals surface area (Å²) >= 11 is 0. The number of aromatic amines is 1. The summed E-state index contributed by atoms with van der Waals surface area (Å²) in [6.45, 7) is 0. The van der Waals surface area contributed by atoms with Gasteiger partial charge in [-0.25, -0.2) is 15.0 Å². The molecule has 0 spiro atoms. The van der Waals surface area contributed by atoms with E-state index in [-0.39, 0.29) is 5.91 Å². The highest BCUT2D eigenvalue weighted by Crippen LogP contribution is 2.48. The van der Waals surface area contributed by atoms with E-state index in [0.717, 1.165) is 27.8 Å². The van der Waals surface area contributed by atoms with Crippen LogP contribution in [0.4, 0.5) is 0 Å². The van der Waals surface area contributed by atoms with Crippen LogP contribution in [-0.4, -0.2) is 25.8 Å². The second-order valence-corrected chi connectivity index (χ2v) is 6.03. The molecule has 0 fully saturated rings. The Bertz CT molecular complexity index is 1110. The van der Waals surface area contributed by atoms with Crippen molar-refractivity contribution in [1.82, 2.24) is 19.9 Å². The normalized spacial score (nSPS) is 15.1. The summed E-state index contributed by atoms with van der Waals surface area (Å²) in [7, 11) is 0. The van der Waals surface area contributed by atoms with Gasteiger partial charge in [0.2, 0.25) is 5.91 Å². The number of amides is 1. The van der Waals surface area contributed by atoms with Crippen molar-refractivity contribution in [3.63, 3.8) is 0 Å². The zero-order valence-electron chi connectivity index (χ0n) is 13.1. The molecule has 2 aromatic heterocycles. The van der Waals surface area contributed by atoms with Crippen molar-refractivity contribution in [3.8, 4) is 22.5 Å². The Balaban J connectivity index is 1.82. The number of imidazole rings is 1. The Labute approximate surface area is 142 Å². The fraction of sp³-hybridized carbons (Fsp3) is 0.0526. The van der Waals surface area contributed by atoms with Crippen molar-refractivity contribution in [3.05, 3.63) is 66.1 Å². The minimum Gasteiger partial charge on any atom is -0.369 e. The predicted octanol–water partition coefficient (Wildman–Crippen LogP) is 2.62. The first-order valence-corrected chi connectivity index (χ1v) is 7.91. The maximum atomic E-state index is 12.1. The van der Waals surface area contributed by atoms with Crippen LogP contribution in [0, 0.1) is 0 Å². The topological polar surface area (TPSA) is 97.6 Å². The monoisotopic (exact) mass is 327 g/mol. The summed E-state index contributed by atoms with van der Waals surface area (Å²) < 4.78 is 0. The van der Waals surface area contributed by atoms with Gasteiger partial charge in [0.1, 0.15) is 17.7 Å². The molecule has 0 saturated carbocycles. The average molecular weight is 327 g/mol. The standard InChI is InChI=1S/C19H13N5O/c20-17(25)16-11-5-2-1-4-10(11)15-12(16)6-3-7-13(15)18-23-14-8-21-9-22-19(14)24-18/h1-9,16H,(H2,20,25)(H,21,22,23,24)/t16-/m1/s1. The fourth-order valence-electron chi connectivity index (χ4n) is 3.65. The quantitative estimate of drug-likeness (QED) is 0.591. The molecule has 0 radical (unpaired) electrons. The fourth-order valence-corrected chi connectivity index (χ4v) is 3.65. The van der Waals surface area contributed by atoms with Crippen molar-refractivity contribution in [1.29, 1.82) is 0 Å². The van der Waals surface area contributed by atoms with E-state index in [9.17, 15) is 4.79 Å². The van der Waals surface area contributed by atoms with Gasteiger partial charge in [-0.05, 0) is 22.3 Å². The minimum absolute atomic E-state index is 0.348. The van der Waals surface area contributed by atoms with Crippen molar-refractivity contribution in [2.75, 3.05) is 0 Å². The number of primary amides is 1. The average Bonchev–Trinajstić information content (AvgIpc) is 3.20. The molecule has 0 aliphatic heterocycles. The van der Waals surface area contributed by atoms with E-state index in [2.05, 4.69) is 19.9 Å². The second kappa shape index (κ2) is 4.98. The molecule has 4 aromatic rings. The zero-order chi connectivity index (χ0) is 17.0. The molecule has 6 heteroatoms. The maximum absolute atomic E-state index is 12.1. The number of hydrogen-bond acceptors (Lipinski definition) is 4. The molecule has 5 rings (SSSR count). The van der Waals surface area contributed by atoms with Gasteiger partial charge in [-0.1, -0.05) is 42.5 Å². The Kier molecular flexibility index (Phi) is 2.76. The van der Waals surface area contributed by atoms with Gasteiger partial charge < -0.3 is 10.7 Å². The van der Waals surface area contributed by atoms with E-state index >= 15 is 0 Å². The Morgan fingerprint density at radius 3 is 2.68 bits per heavy atom. The Morgan fingerprint density at radius 1 is 1.04 bits per heavy atom. The third-order valence-corrected chi connectivity index (χ3v) is 4.65. The summed E-state index contributed by atoms with van der Waals surface area (Å²) in [6.07, 6.45) is 3.16. The molecule has 0 bridgehead atoms. The summed E-state index contributed by atoms with van der Waals surface area (Å²) in [5.74, 6) is -0.0820. The molecular formula is C19H13N5O. The molecule has 1 aliphatic carbocycles. The van der Waals surface area contributed by atoms with Crippen LogP contribution < -0.4 is 5.73 Å². The molecule has 1 amide bonds. The number of nitrogens with one attached hydrogen (secondary N) is 1. The lowest BCUT2D eigenvalue weighted by molar-refractivity contribution is -0.118. The number of benzene rings is 2. The van der Waals surface area contributed by atoms with E-state index in [1.807, 2.05) is 42.5 Å². The lowest BCUT2D eigenvalue weighted by Crippen LogP contribution is -2.20. The van der Waals surface area contributed by atoms with Crippen LogP contribution >= 0.6 is 0 Å². The number of fused-ring (bicyclic) bond motifs is 4. The summed E-state index contributed by atoms with van der Waals surface area (Å²) in [4.78, 5) is 28.2. The van der Waals surface area contributed by atoms with Crippen molar-refractivity contribution in [2.45, 2.75) is 5.92 Å². The Morgan fingerprint density at radius 2 is 1.84 bits per heavy atom. The van der Waals surface area contributed by atoms with Gasteiger partial charge in [0.15, 0.2) is 5.65 Å². The summed E-state index contributed by atoms with van der Waals surface area (Å²) in [5.41, 5.74) is 11.9. The van der Waals surface area contributed by atoms with Gasteiger partial charge in [-0.3, -0.25) is 4.79 Å². The van der Waals surface area contributed by atoms with Gasteiger partial charge in [0.05, 0.1) is 12.1 Å². The van der Waals surface area contributed by atoms with E-state index in [4.69, 9.17) is 5.73 Å². The number of nitrogens with two attached hydrogens (primary N) is 1. The van der Waals surface area contributed by atoms with Gasteiger partial charge in [-0.15, -0.1) is 0 Å². The third kappa shape index (κ3) is 1.91. The molecule has 1 aliphatic rings. The molecule has 0 saturated heterocycles. The lowest BCUT2D eigenvalue weighted by atomic mass is 9.95. The van der Waals surface area contributed by atoms with Gasteiger partial charge in [-0.2, -0.15) is 0 Å². The van der Waals surface area contributed by atoms with E-state index in [1.54, 1.807) is 6.20 Å². The highest BCUT2D eigenvalue weighted by atomic mass is 16.1. The van der Waals surface area contributed by atoms with Gasteiger partial charge in [0, 0.05) is 5.56 Å². The number of carbonyl (C=O) groups excluding carboxylic acids is 1. The summed E-state index contributed by atoms with van der Waals surface area (Å²) in [6, 6.07) is 13.7. The van der Waals surface area contributed by atoms with Crippen LogP contribution in [0.15, 0.2) is 55.0 Å². The van der Waals surface area contributed by atoms with Crippen LogP contribution in [0.2, 0.25) is 0 Å². The number of hydrogen-bond donors (Lipinski definition) is 2. The minimum atomic E-state index is -0.435. The second-order valence-electron chi connectivity index (χ2n) is 6.03. The van der Waals surface area contributed by atoms with Crippen LogP contribution in [-0.2, 0) is 4.79 Å². The molecule has 1 atom stereocenters. The number of nitrogens with zero attached hydrogens (tertiary/aromatic N) is 3. The van der Waals surface area contributed by atoms with Gasteiger partial charge in [0.25, 0.3) is 0 Å². The SMILES string of the molecule is NC(=O)[C@@H]1c2ccccc2-c2c(-c3nc4cncnc4[nH]3)cccc21. The van der Waals surface area contributed by atoms with Crippen LogP contribution in [0.3, 0.4) is 0 Å². The largest absolute Gasteiger partial charge is 0.369 e. The predicted molar refractivity (Wildman–Crippen MR) is 93.6 cm³/mol. The smallest absolute Gasteiger partial charge is 0.229 e. The molecular weight excluding hydrogens is 314 g/mol. The van der Waals surface area contributed by atoms with Crippen molar-refractivity contribution >= 4 is 17.1 Å². The van der Waals surface area contributed by atoms with Crippen molar-refractivity contribution < 1.29 is 4.79 Å². The van der Waals surface area contributed by atoms with E-state index in [0.29, 0.717) is 17.0 Å². The summed E-state index contributed by atoms with van der Waals surface area (Å²) in [5, 5.41) is 0. The Hall–Kier alpha value is -3.54. The van der Waals surface area contributed by atoms with E-state index < -0.39 is 5.92 Å².